The smallest absolute Gasteiger partial charge is 0.00271 e. The molecule has 0 aromatic heterocycles. The van der Waals surface area contributed by atoms with Gasteiger partial charge in [0.15, 0.2) is 0 Å². The van der Waals surface area contributed by atoms with Crippen LogP contribution >= 0.6 is 0 Å². The standard InChI is InChI=1S/2C14H20.C10H16.2C4H6.4C2H6.CH4/c2*1-7-2-12-10-4-8-5-11(9(1)10)13(3-7)14(12)6-8;1-7-2-9-4-8(1)5-10(3-7)6-9;2*1-3-4-2;4*1-2;/h2*7-14H,1-6H2;7-10H,1-6H2;2*1-2H3;4*1-2H3;1H4. The van der Waals surface area contributed by atoms with Crippen LogP contribution < -0.4 is 0 Å². The van der Waals surface area contributed by atoms with Crippen molar-refractivity contribution in [3.63, 3.8) is 0 Å². The van der Waals surface area contributed by atoms with Gasteiger partial charge in [0.25, 0.3) is 0 Å². The third kappa shape index (κ3) is 9.46. The van der Waals surface area contributed by atoms with E-state index in [1.54, 1.807) is 116 Å². The molecule has 0 heterocycles. The Morgan fingerprint density at radius 2 is 0.291 bits per heavy atom. The summed E-state index contributed by atoms with van der Waals surface area (Å²) in [4.78, 5) is 0. The molecule has 0 spiro atoms. The van der Waals surface area contributed by atoms with E-state index in [0.29, 0.717) is 0 Å². The molecule has 55 heavy (non-hydrogen) atoms. The van der Waals surface area contributed by atoms with Crippen molar-refractivity contribution in [2.24, 2.45) is 118 Å². The summed E-state index contributed by atoms with van der Waals surface area (Å²) >= 11 is 0. The summed E-state index contributed by atoms with van der Waals surface area (Å²) in [6.45, 7) is 23.3. The van der Waals surface area contributed by atoms with Crippen molar-refractivity contribution in [3.8, 4) is 23.7 Å². The second kappa shape index (κ2) is 21.9. The van der Waals surface area contributed by atoms with Crippen LogP contribution in [0.15, 0.2) is 0 Å². The maximum absolute atomic E-state index is 2.68. The van der Waals surface area contributed by atoms with Crippen LogP contribution in [0.1, 0.15) is 206 Å². The zero-order valence-corrected chi connectivity index (χ0v) is 38.3. The number of hydrogen-bond donors (Lipinski definition) is 0. The maximum Gasteiger partial charge on any atom is -0.00271 e. The van der Waals surface area contributed by atoms with Crippen LogP contribution in [-0.4, -0.2) is 0 Å². The van der Waals surface area contributed by atoms with Crippen LogP contribution in [0.25, 0.3) is 0 Å². The van der Waals surface area contributed by atoms with Gasteiger partial charge >= 0.3 is 0 Å². The van der Waals surface area contributed by atoms with Gasteiger partial charge in [-0.1, -0.05) is 62.8 Å². The van der Waals surface area contributed by atoms with Crippen molar-refractivity contribution in [2.45, 2.75) is 206 Å². The molecular weight excluding hydrogens is 661 g/mol. The molecular formula is C55H96. The molecule has 0 heteroatoms. The molecule has 18 saturated carbocycles. The summed E-state index contributed by atoms with van der Waals surface area (Å²) in [7, 11) is 0. The first-order valence-electron chi connectivity index (χ1n) is 25.2. The second-order valence-corrected chi connectivity index (χ2v) is 20.1. The van der Waals surface area contributed by atoms with E-state index in [-0.39, 0.29) is 7.43 Å². The highest BCUT2D eigenvalue weighted by Gasteiger charge is 2.64. The third-order valence-electron chi connectivity index (χ3n) is 18.4. The molecule has 0 saturated heterocycles. The average molecular weight is 757 g/mol. The van der Waals surface area contributed by atoms with E-state index in [1.165, 1.54) is 118 Å². The van der Waals surface area contributed by atoms with Gasteiger partial charge in [-0.05, 0) is 262 Å². The van der Waals surface area contributed by atoms with Crippen LogP contribution in [0.3, 0.4) is 0 Å². The highest BCUT2D eigenvalue weighted by atomic mass is 14.7. The first kappa shape index (κ1) is 46.8. The summed E-state index contributed by atoms with van der Waals surface area (Å²) in [5.41, 5.74) is 0. The summed E-state index contributed by atoms with van der Waals surface area (Å²) in [6, 6.07) is 0. The SMILES string of the molecule is C.C1C2CC3C4CC5CC(C14)C(C2)C3C5.C1C2CC3C4CC5CC(C14)C(C2)C3C5.C1C2CC3CC1CC(C2)C3.CC.CC.CC.CC.CC#CC.CC#CC. The van der Waals surface area contributed by atoms with Gasteiger partial charge in [-0.15, -0.1) is 23.7 Å². The molecule has 18 aliphatic rings. The molecule has 0 amide bonds. The lowest BCUT2D eigenvalue weighted by molar-refractivity contribution is -0.202. The molecule has 0 aromatic rings. The second-order valence-electron chi connectivity index (χ2n) is 20.1. The highest BCUT2D eigenvalue weighted by molar-refractivity contribution is 5.13. The van der Waals surface area contributed by atoms with E-state index in [9.17, 15) is 0 Å². The lowest BCUT2D eigenvalue weighted by Gasteiger charge is -2.69. The molecule has 316 valence electrons. The van der Waals surface area contributed by atoms with Gasteiger partial charge in [-0.2, -0.15) is 0 Å². The summed E-state index contributed by atoms with van der Waals surface area (Å²) in [5.74, 6) is 34.9. The predicted octanol–water partition coefficient (Wildman–Crippen LogP) is 16.3. The van der Waals surface area contributed by atoms with Crippen molar-refractivity contribution < 1.29 is 0 Å². The zero-order chi connectivity index (χ0) is 39.1. The fraction of sp³-hybridized carbons (Fsp3) is 0.927. The molecule has 0 N–H and O–H groups in total. The Labute approximate surface area is 346 Å². The van der Waals surface area contributed by atoms with E-state index in [2.05, 4.69) is 23.7 Å². The average Bonchev–Trinajstić information content (AvgIpc) is 3.24. The van der Waals surface area contributed by atoms with E-state index in [4.69, 9.17) is 0 Å². The van der Waals surface area contributed by atoms with Crippen LogP contribution in [0.2, 0.25) is 0 Å². The molecule has 0 unspecified atom stereocenters. The minimum atomic E-state index is 0. The minimum absolute atomic E-state index is 0. The first-order valence-corrected chi connectivity index (χ1v) is 25.2. The molecule has 18 aliphatic carbocycles. The first-order chi connectivity index (χ1) is 26.5. The van der Waals surface area contributed by atoms with Crippen molar-refractivity contribution in [1.82, 2.24) is 0 Å². The molecule has 18 fully saturated rings. The fourth-order valence-corrected chi connectivity index (χ4v) is 17.8. The topological polar surface area (TPSA) is 0 Å². The Balaban J connectivity index is 0.000000155. The third-order valence-corrected chi connectivity index (χ3v) is 18.4. The summed E-state index contributed by atoms with van der Waals surface area (Å²) in [6.07, 6.45) is 29.5. The molecule has 0 nitrogen and oxygen atoms in total. The van der Waals surface area contributed by atoms with E-state index in [0.717, 1.165) is 0 Å². The predicted molar refractivity (Wildman–Crippen MR) is 243 cm³/mol. The van der Waals surface area contributed by atoms with Gasteiger partial charge in [0, 0.05) is 0 Å². The Morgan fingerprint density at radius 1 is 0.200 bits per heavy atom. The fourth-order valence-electron chi connectivity index (χ4n) is 17.8. The molecule has 20 bridgehead atoms. The molecule has 0 aliphatic heterocycles. The monoisotopic (exact) mass is 757 g/mol. The maximum atomic E-state index is 2.68. The van der Waals surface area contributed by atoms with E-state index in [1.807, 2.05) is 83.1 Å². The van der Waals surface area contributed by atoms with Crippen LogP contribution in [0, 0.1) is 142 Å². The summed E-state index contributed by atoms with van der Waals surface area (Å²) < 4.78 is 0. The van der Waals surface area contributed by atoms with Gasteiger partial charge < -0.3 is 0 Å². The van der Waals surface area contributed by atoms with Gasteiger partial charge in [0.05, 0.1) is 0 Å². The van der Waals surface area contributed by atoms with Crippen LogP contribution in [0.4, 0.5) is 0 Å². The van der Waals surface area contributed by atoms with Crippen LogP contribution in [0.5, 0.6) is 0 Å². The molecule has 18 rings (SSSR count). The Bertz CT molecular complexity index is 908. The van der Waals surface area contributed by atoms with Gasteiger partial charge in [0.2, 0.25) is 0 Å². The zero-order valence-electron chi connectivity index (χ0n) is 38.3. The highest BCUT2D eigenvalue weighted by Crippen LogP contribution is 2.72. The van der Waals surface area contributed by atoms with Crippen molar-refractivity contribution in [1.29, 1.82) is 0 Å². The van der Waals surface area contributed by atoms with Gasteiger partial charge in [-0.25, -0.2) is 0 Å². The molecule has 0 atom stereocenters. The summed E-state index contributed by atoms with van der Waals surface area (Å²) in [5, 5.41) is 0. The molecule has 0 radical (unpaired) electrons. The largest absolute Gasteiger partial charge is 0.107 e. The van der Waals surface area contributed by atoms with E-state index >= 15 is 0 Å². The van der Waals surface area contributed by atoms with Crippen LogP contribution in [-0.2, 0) is 0 Å². The lowest BCUT2D eigenvalue weighted by Crippen LogP contribution is -2.62. The van der Waals surface area contributed by atoms with Crippen molar-refractivity contribution >= 4 is 0 Å². The number of rotatable bonds is 0. The normalized spacial score (nSPS) is 48.1. The quantitative estimate of drug-likeness (QED) is 0.216. The van der Waals surface area contributed by atoms with Crippen molar-refractivity contribution in [2.75, 3.05) is 0 Å². The van der Waals surface area contributed by atoms with E-state index < -0.39 is 0 Å². The number of hydrogen-bond acceptors (Lipinski definition) is 0. The Kier molecular flexibility index (Phi) is 18.7. The van der Waals surface area contributed by atoms with Gasteiger partial charge in [-0.3, -0.25) is 0 Å². The van der Waals surface area contributed by atoms with Gasteiger partial charge in [0.1, 0.15) is 0 Å². The Morgan fingerprint density at radius 3 is 0.382 bits per heavy atom. The molecule has 0 aromatic carbocycles. The Hall–Kier alpha value is -0.880. The lowest BCUT2D eigenvalue weighted by atomic mass is 9.36. The minimum Gasteiger partial charge on any atom is -0.107 e. The van der Waals surface area contributed by atoms with Crippen molar-refractivity contribution in [3.05, 3.63) is 0 Å².